The zero-order valence-corrected chi connectivity index (χ0v) is 11.2. The molecule has 0 saturated heterocycles. The van der Waals surface area contributed by atoms with Gasteiger partial charge in [0.2, 0.25) is 0 Å². The van der Waals surface area contributed by atoms with Gasteiger partial charge in [-0.05, 0) is 37.6 Å². The fraction of sp³-hybridized carbons (Fsp3) is 0.643. The summed E-state index contributed by atoms with van der Waals surface area (Å²) >= 11 is 1.81. The van der Waals surface area contributed by atoms with Crippen LogP contribution in [0.2, 0.25) is 0 Å². The second kappa shape index (κ2) is 6.18. The van der Waals surface area contributed by atoms with Crippen LogP contribution in [0.1, 0.15) is 37.5 Å². The molecule has 0 aliphatic heterocycles. The molecule has 2 nitrogen and oxygen atoms in total. The van der Waals surface area contributed by atoms with Gasteiger partial charge in [-0.1, -0.05) is 18.9 Å². The minimum Gasteiger partial charge on any atom is -0.310 e. The Balaban J connectivity index is 1.84. The molecule has 1 aliphatic carbocycles. The summed E-state index contributed by atoms with van der Waals surface area (Å²) in [4.78, 5) is 1.43. The van der Waals surface area contributed by atoms with Gasteiger partial charge in [-0.3, -0.25) is 0 Å². The molecule has 1 fully saturated rings. The van der Waals surface area contributed by atoms with E-state index in [1.807, 2.05) is 11.3 Å². The Kier molecular flexibility index (Phi) is 4.58. The van der Waals surface area contributed by atoms with E-state index in [9.17, 15) is 0 Å². The molecule has 3 unspecified atom stereocenters. The second-order valence-corrected chi connectivity index (χ2v) is 6.01. The standard InChI is InChI=1S/C14H20N2S/c1-11(9-13-6-4-8-17-13)16-14-7-3-2-5-12(14)10-15/h4,6,8,11-12,14,16H,2-3,5,7,9H2,1H3. The molecule has 1 aromatic rings. The van der Waals surface area contributed by atoms with Crippen molar-refractivity contribution in [2.24, 2.45) is 5.92 Å². The minimum atomic E-state index is 0.217. The zero-order valence-electron chi connectivity index (χ0n) is 10.4. The van der Waals surface area contributed by atoms with Crippen molar-refractivity contribution in [3.05, 3.63) is 22.4 Å². The van der Waals surface area contributed by atoms with E-state index in [-0.39, 0.29) is 5.92 Å². The van der Waals surface area contributed by atoms with E-state index in [0.29, 0.717) is 12.1 Å². The van der Waals surface area contributed by atoms with Crippen LogP contribution in [-0.4, -0.2) is 12.1 Å². The maximum atomic E-state index is 9.14. The molecule has 3 atom stereocenters. The van der Waals surface area contributed by atoms with Crippen LogP contribution in [0.25, 0.3) is 0 Å². The topological polar surface area (TPSA) is 35.8 Å². The van der Waals surface area contributed by atoms with Gasteiger partial charge < -0.3 is 5.32 Å². The average molecular weight is 248 g/mol. The molecule has 1 N–H and O–H groups in total. The lowest BCUT2D eigenvalue weighted by Gasteiger charge is -2.30. The largest absolute Gasteiger partial charge is 0.310 e. The van der Waals surface area contributed by atoms with Crippen LogP contribution < -0.4 is 5.32 Å². The number of nitrogens with zero attached hydrogens (tertiary/aromatic N) is 1. The highest BCUT2D eigenvalue weighted by Crippen LogP contribution is 2.24. The molecule has 1 heterocycles. The van der Waals surface area contributed by atoms with Crippen molar-refractivity contribution in [1.29, 1.82) is 5.26 Å². The molecule has 2 rings (SSSR count). The molecule has 0 radical (unpaired) electrons. The van der Waals surface area contributed by atoms with Gasteiger partial charge in [0.15, 0.2) is 0 Å². The highest BCUT2D eigenvalue weighted by atomic mass is 32.1. The maximum Gasteiger partial charge on any atom is 0.0672 e. The first-order valence-corrected chi connectivity index (χ1v) is 7.35. The molecule has 1 aromatic heterocycles. The Morgan fingerprint density at radius 3 is 3.06 bits per heavy atom. The van der Waals surface area contributed by atoms with E-state index in [2.05, 4.69) is 35.8 Å². The monoisotopic (exact) mass is 248 g/mol. The molecule has 0 amide bonds. The third-order valence-corrected chi connectivity index (χ3v) is 4.42. The van der Waals surface area contributed by atoms with Gasteiger partial charge in [0.05, 0.1) is 12.0 Å². The lowest BCUT2D eigenvalue weighted by Crippen LogP contribution is -2.43. The summed E-state index contributed by atoms with van der Waals surface area (Å²) in [6.07, 6.45) is 5.79. The number of rotatable bonds is 4. The first-order chi connectivity index (χ1) is 8.29. The molecule has 92 valence electrons. The van der Waals surface area contributed by atoms with Crippen LogP contribution in [-0.2, 0) is 6.42 Å². The van der Waals surface area contributed by atoms with Crippen LogP contribution in [0.4, 0.5) is 0 Å². The van der Waals surface area contributed by atoms with Gasteiger partial charge in [-0.25, -0.2) is 0 Å². The normalized spacial score (nSPS) is 26.4. The van der Waals surface area contributed by atoms with Gasteiger partial charge in [0.1, 0.15) is 0 Å². The Morgan fingerprint density at radius 1 is 1.53 bits per heavy atom. The van der Waals surface area contributed by atoms with Crippen molar-refractivity contribution >= 4 is 11.3 Å². The number of nitriles is 1. The van der Waals surface area contributed by atoms with Gasteiger partial charge >= 0.3 is 0 Å². The average Bonchev–Trinajstić information content (AvgIpc) is 2.82. The Labute approximate surface area is 108 Å². The third-order valence-electron chi connectivity index (χ3n) is 3.52. The second-order valence-electron chi connectivity index (χ2n) is 4.98. The highest BCUT2D eigenvalue weighted by Gasteiger charge is 2.25. The first-order valence-electron chi connectivity index (χ1n) is 6.47. The lowest BCUT2D eigenvalue weighted by molar-refractivity contribution is 0.290. The van der Waals surface area contributed by atoms with E-state index in [1.54, 1.807) is 0 Å². The fourth-order valence-electron chi connectivity index (χ4n) is 2.64. The number of hydrogen-bond donors (Lipinski definition) is 1. The molecule has 1 saturated carbocycles. The number of thiophene rings is 1. The zero-order chi connectivity index (χ0) is 12.1. The predicted molar refractivity (Wildman–Crippen MR) is 72.0 cm³/mol. The molecule has 0 spiro atoms. The molecule has 0 bridgehead atoms. The summed E-state index contributed by atoms with van der Waals surface area (Å²) in [5, 5.41) is 14.9. The van der Waals surface area contributed by atoms with E-state index >= 15 is 0 Å². The summed E-state index contributed by atoms with van der Waals surface area (Å²) in [6, 6.07) is 7.62. The maximum absolute atomic E-state index is 9.14. The van der Waals surface area contributed by atoms with E-state index in [0.717, 1.165) is 19.3 Å². The Morgan fingerprint density at radius 2 is 2.35 bits per heavy atom. The molecule has 1 aliphatic rings. The number of nitrogens with one attached hydrogen (secondary N) is 1. The quantitative estimate of drug-likeness (QED) is 0.887. The van der Waals surface area contributed by atoms with Crippen molar-refractivity contribution < 1.29 is 0 Å². The molecular formula is C14H20N2S. The van der Waals surface area contributed by atoms with Crippen molar-refractivity contribution in [1.82, 2.24) is 5.32 Å². The van der Waals surface area contributed by atoms with Crippen molar-refractivity contribution in [3.63, 3.8) is 0 Å². The van der Waals surface area contributed by atoms with Crippen molar-refractivity contribution in [2.45, 2.75) is 51.1 Å². The fourth-order valence-corrected chi connectivity index (χ4v) is 3.48. The van der Waals surface area contributed by atoms with Crippen LogP contribution in [0.15, 0.2) is 17.5 Å². The summed E-state index contributed by atoms with van der Waals surface area (Å²) < 4.78 is 0. The summed E-state index contributed by atoms with van der Waals surface area (Å²) in [5.41, 5.74) is 0. The van der Waals surface area contributed by atoms with Crippen LogP contribution in [0.3, 0.4) is 0 Å². The molecular weight excluding hydrogens is 228 g/mol. The molecule has 0 aromatic carbocycles. The van der Waals surface area contributed by atoms with Gasteiger partial charge in [0.25, 0.3) is 0 Å². The molecule has 3 heteroatoms. The van der Waals surface area contributed by atoms with Crippen molar-refractivity contribution in [2.75, 3.05) is 0 Å². The molecule has 17 heavy (non-hydrogen) atoms. The smallest absolute Gasteiger partial charge is 0.0672 e. The van der Waals surface area contributed by atoms with Gasteiger partial charge in [-0.2, -0.15) is 5.26 Å². The van der Waals surface area contributed by atoms with Crippen LogP contribution in [0.5, 0.6) is 0 Å². The third kappa shape index (κ3) is 3.55. The van der Waals surface area contributed by atoms with Crippen LogP contribution in [0, 0.1) is 17.2 Å². The van der Waals surface area contributed by atoms with Gasteiger partial charge in [-0.15, -0.1) is 11.3 Å². The van der Waals surface area contributed by atoms with E-state index in [1.165, 1.54) is 17.7 Å². The summed E-state index contributed by atoms with van der Waals surface area (Å²) in [5.74, 6) is 0.217. The minimum absolute atomic E-state index is 0.217. The summed E-state index contributed by atoms with van der Waals surface area (Å²) in [7, 11) is 0. The SMILES string of the molecule is CC(Cc1cccs1)NC1CCCCC1C#N. The number of hydrogen-bond acceptors (Lipinski definition) is 3. The Hall–Kier alpha value is -0.850. The summed E-state index contributed by atoms with van der Waals surface area (Å²) in [6.45, 7) is 2.22. The Bertz CT molecular complexity index is 366. The highest BCUT2D eigenvalue weighted by molar-refractivity contribution is 7.09. The predicted octanol–water partition coefficient (Wildman–Crippen LogP) is 3.35. The van der Waals surface area contributed by atoms with Crippen molar-refractivity contribution in [3.8, 4) is 6.07 Å². The van der Waals surface area contributed by atoms with Crippen LogP contribution >= 0.6 is 11.3 Å². The first kappa shape index (κ1) is 12.6. The van der Waals surface area contributed by atoms with E-state index in [4.69, 9.17) is 5.26 Å². The van der Waals surface area contributed by atoms with E-state index < -0.39 is 0 Å². The lowest BCUT2D eigenvalue weighted by atomic mass is 9.85. The van der Waals surface area contributed by atoms with Gasteiger partial charge in [0, 0.05) is 17.0 Å².